The van der Waals surface area contributed by atoms with E-state index in [1.54, 1.807) is 4.40 Å². The molecule has 6 rings (SSSR count). The van der Waals surface area contributed by atoms with Gasteiger partial charge in [-0.05, 0) is 18.2 Å². The van der Waals surface area contributed by atoms with Crippen LogP contribution in [0.3, 0.4) is 0 Å². The molecule has 3 heterocycles. The van der Waals surface area contributed by atoms with Crippen molar-refractivity contribution in [2.75, 3.05) is 0 Å². The topological polar surface area (TPSA) is 79.8 Å². The predicted molar refractivity (Wildman–Crippen MR) is 135 cm³/mol. The van der Waals surface area contributed by atoms with Gasteiger partial charge in [-0.15, -0.1) is 0 Å². The molecule has 35 heavy (non-hydrogen) atoms. The van der Waals surface area contributed by atoms with E-state index in [1.165, 1.54) is 0 Å². The summed E-state index contributed by atoms with van der Waals surface area (Å²) in [6, 6.07) is 35.5. The van der Waals surface area contributed by atoms with Crippen molar-refractivity contribution in [1.29, 1.82) is 5.26 Å². The first-order chi connectivity index (χ1) is 17.3. The van der Waals surface area contributed by atoms with E-state index in [1.807, 2.05) is 109 Å². The number of fused-ring (bicyclic) bond motifs is 1. The Morgan fingerprint density at radius 2 is 1.09 bits per heavy atom. The van der Waals surface area contributed by atoms with E-state index >= 15 is 0 Å². The van der Waals surface area contributed by atoms with E-state index in [2.05, 4.69) is 6.07 Å². The van der Waals surface area contributed by atoms with Crippen LogP contribution in [0.5, 0.6) is 0 Å². The number of imidazole rings is 1. The van der Waals surface area contributed by atoms with Gasteiger partial charge in [-0.1, -0.05) is 84.9 Å². The largest absolute Gasteiger partial charge is 0.291 e. The number of benzene rings is 3. The minimum atomic E-state index is 0.489. The van der Waals surface area contributed by atoms with Crippen molar-refractivity contribution < 1.29 is 0 Å². The van der Waals surface area contributed by atoms with Gasteiger partial charge in [0, 0.05) is 28.5 Å². The third-order valence-corrected chi connectivity index (χ3v) is 5.73. The van der Waals surface area contributed by atoms with Gasteiger partial charge >= 0.3 is 0 Å². The number of pyridine rings is 1. The lowest BCUT2D eigenvalue weighted by atomic mass is 10.1. The summed E-state index contributed by atoms with van der Waals surface area (Å²) in [5.41, 5.74) is 5.31. The number of nitrogens with zero attached hydrogens (tertiary/aromatic N) is 6. The highest BCUT2D eigenvalue weighted by atomic mass is 15.0. The first kappa shape index (κ1) is 20.5. The van der Waals surface area contributed by atoms with Crippen LogP contribution in [0.15, 0.2) is 109 Å². The van der Waals surface area contributed by atoms with Crippen LogP contribution in [-0.4, -0.2) is 24.3 Å². The van der Waals surface area contributed by atoms with Gasteiger partial charge in [-0.2, -0.15) is 5.26 Å². The second-order valence-corrected chi connectivity index (χ2v) is 7.97. The lowest BCUT2D eigenvalue weighted by Crippen LogP contribution is -2.00. The average molecular weight is 451 g/mol. The fraction of sp³-hybridized carbons (Fsp3) is 0. The van der Waals surface area contributed by atoms with Gasteiger partial charge in [-0.3, -0.25) is 4.40 Å². The van der Waals surface area contributed by atoms with Gasteiger partial charge < -0.3 is 0 Å². The maximum absolute atomic E-state index is 9.83. The van der Waals surface area contributed by atoms with Crippen LogP contribution in [-0.2, 0) is 0 Å². The second kappa shape index (κ2) is 8.65. The Morgan fingerprint density at radius 1 is 0.543 bits per heavy atom. The minimum absolute atomic E-state index is 0.489. The Morgan fingerprint density at radius 3 is 1.71 bits per heavy atom. The van der Waals surface area contributed by atoms with Gasteiger partial charge in [0.1, 0.15) is 17.4 Å². The number of aromatic nitrogens is 5. The lowest BCUT2D eigenvalue weighted by molar-refractivity contribution is 1.07. The minimum Gasteiger partial charge on any atom is -0.291 e. The highest BCUT2D eigenvalue weighted by Gasteiger charge is 2.16. The van der Waals surface area contributed by atoms with Crippen molar-refractivity contribution in [3.05, 3.63) is 115 Å². The van der Waals surface area contributed by atoms with Gasteiger partial charge in [0.15, 0.2) is 23.2 Å². The molecule has 0 radical (unpaired) electrons. The van der Waals surface area contributed by atoms with Crippen molar-refractivity contribution >= 4 is 5.65 Å². The molecule has 0 saturated heterocycles. The van der Waals surface area contributed by atoms with E-state index < -0.39 is 0 Å². The highest BCUT2D eigenvalue weighted by Crippen LogP contribution is 2.29. The summed E-state index contributed by atoms with van der Waals surface area (Å²) in [5, 5.41) is 9.83. The third-order valence-electron chi connectivity index (χ3n) is 5.73. The summed E-state index contributed by atoms with van der Waals surface area (Å²) in [6.07, 6.45) is 1.85. The number of nitriles is 1. The summed E-state index contributed by atoms with van der Waals surface area (Å²) in [6.45, 7) is 0. The lowest BCUT2D eigenvalue weighted by Gasteiger charge is -2.09. The fourth-order valence-electron chi connectivity index (χ4n) is 4.05. The standard InChI is InChI=1S/C29H18N6/c30-19-24-26(31-25-16-7-8-17-35(24)25)22-14-9-15-23(18-22)29-33-27(20-10-3-1-4-11-20)32-28(34-29)21-12-5-2-6-13-21/h1-18H. The van der Waals surface area contributed by atoms with Crippen LogP contribution >= 0.6 is 0 Å². The molecule has 0 bridgehead atoms. The molecule has 164 valence electrons. The molecule has 0 spiro atoms. The quantitative estimate of drug-likeness (QED) is 0.326. The van der Waals surface area contributed by atoms with Crippen LogP contribution in [0.4, 0.5) is 0 Å². The Balaban J connectivity index is 1.52. The zero-order valence-corrected chi connectivity index (χ0v) is 18.6. The summed E-state index contributed by atoms with van der Waals surface area (Å²) in [7, 11) is 0. The van der Waals surface area contributed by atoms with E-state index in [-0.39, 0.29) is 0 Å². The second-order valence-electron chi connectivity index (χ2n) is 7.97. The van der Waals surface area contributed by atoms with Gasteiger partial charge in [0.25, 0.3) is 0 Å². The van der Waals surface area contributed by atoms with E-state index in [0.29, 0.717) is 28.9 Å². The molecule has 0 unspecified atom stereocenters. The molecule has 3 aromatic carbocycles. The maximum Gasteiger partial charge on any atom is 0.164 e. The SMILES string of the molecule is N#Cc1c(-c2cccc(-c3nc(-c4ccccc4)nc(-c4ccccc4)n3)c2)nc2ccccn12. The van der Waals surface area contributed by atoms with Crippen LogP contribution in [0.25, 0.3) is 51.1 Å². The third kappa shape index (κ3) is 3.81. The fourth-order valence-corrected chi connectivity index (χ4v) is 4.05. The monoisotopic (exact) mass is 450 g/mol. The van der Waals surface area contributed by atoms with Crippen molar-refractivity contribution in [3.8, 4) is 51.5 Å². The van der Waals surface area contributed by atoms with Crippen molar-refractivity contribution in [2.24, 2.45) is 0 Å². The normalized spacial score (nSPS) is 10.8. The summed E-state index contributed by atoms with van der Waals surface area (Å²) < 4.78 is 1.80. The van der Waals surface area contributed by atoms with Crippen LogP contribution in [0.2, 0.25) is 0 Å². The van der Waals surface area contributed by atoms with Crippen LogP contribution < -0.4 is 0 Å². The summed E-state index contributed by atoms with van der Waals surface area (Å²) in [4.78, 5) is 19.1. The molecule has 0 N–H and O–H groups in total. The molecule has 6 nitrogen and oxygen atoms in total. The molecule has 0 fully saturated rings. The first-order valence-electron chi connectivity index (χ1n) is 11.1. The van der Waals surface area contributed by atoms with Crippen molar-refractivity contribution in [1.82, 2.24) is 24.3 Å². The Hall–Kier alpha value is -5.15. The number of hydrogen-bond donors (Lipinski definition) is 0. The molecule has 3 aromatic heterocycles. The van der Waals surface area contributed by atoms with Crippen molar-refractivity contribution in [3.63, 3.8) is 0 Å². The van der Waals surface area contributed by atoms with E-state index in [0.717, 1.165) is 27.9 Å². The van der Waals surface area contributed by atoms with Gasteiger partial charge in [-0.25, -0.2) is 19.9 Å². The van der Waals surface area contributed by atoms with E-state index in [9.17, 15) is 5.26 Å². The zero-order chi connectivity index (χ0) is 23.6. The number of hydrogen-bond acceptors (Lipinski definition) is 5. The summed E-state index contributed by atoms with van der Waals surface area (Å²) >= 11 is 0. The molecule has 0 amide bonds. The van der Waals surface area contributed by atoms with Gasteiger partial charge in [0.05, 0.1) is 0 Å². The molecule has 0 saturated carbocycles. The Bertz CT molecular complexity index is 1640. The Labute approximate surface area is 201 Å². The smallest absolute Gasteiger partial charge is 0.164 e. The predicted octanol–water partition coefficient (Wildman–Crippen LogP) is 6.06. The zero-order valence-electron chi connectivity index (χ0n) is 18.6. The molecule has 6 aromatic rings. The molecule has 0 atom stereocenters. The molecule has 6 heteroatoms. The first-order valence-corrected chi connectivity index (χ1v) is 11.1. The molecule has 0 aliphatic rings. The van der Waals surface area contributed by atoms with Crippen molar-refractivity contribution in [2.45, 2.75) is 0 Å². The van der Waals surface area contributed by atoms with Crippen LogP contribution in [0, 0.1) is 11.3 Å². The summed E-state index contributed by atoms with van der Waals surface area (Å²) in [5.74, 6) is 1.76. The van der Waals surface area contributed by atoms with E-state index in [4.69, 9.17) is 19.9 Å². The molecule has 0 aliphatic heterocycles. The highest BCUT2D eigenvalue weighted by molar-refractivity contribution is 5.75. The molecular formula is C29H18N6. The number of rotatable bonds is 4. The average Bonchev–Trinajstić information content (AvgIpc) is 3.33. The van der Waals surface area contributed by atoms with Crippen LogP contribution in [0.1, 0.15) is 5.69 Å². The Kier molecular flexibility index (Phi) is 5.06. The molecular weight excluding hydrogens is 432 g/mol. The maximum atomic E-state index is 9.83. The molecule has 0 aliphatic carbocycles. The van der Waals surface area contributed by atoms with Gasteiger partial charge in [0.2, 0.25) is 0 Å².